The maximum Gasteiger partial charge on any atom is 0.128 e. The minimum absolute atomic E-state index is 0.203. The number of aliphatic imine (C=N–C) groups is 1. The Labute approximate surface area is 96.8 Å². The van der Waals surface area contributed by atoms with Gasteiger partial charge < -0.3 is 0 Å². The molecule has 0 aromatic carbocycles. The highest BCUT2D eigenvalue weighted by Crippen LogP contribution is 2.25. The molecule has 2 heterocycles. The van der Waals surface area contributed by atoms with E-state index < -0.39 is 0 Å². The number of aryl methyl sites for hydroxylation is 1. The highest BCUT2D eigenvalue weighted by molar-refractivity contribution is 5.88. The summed E-state index contributed by atoms with van der Waals surface area (Å²) in [5, 5.41) is 0. The predicted octanol–water partition coefficient (Wildman–Crippen LogP) is 2.43. The molecule has 1 unspecified atom stereocenters. The van der Waals surface area contributed by atoms with Crippen molar-refractivity contribution >= 4 is 5.84 Å². The van der Waals surface area contributed by atoms with Crippen LogP contribution in [-0.2, 0) is 6.42 Å². The van der Waals surface area contributed by atoms with E-state index >= 15 is 0 Å². The summed E-state index contributed by atoms with van der Waals surface area (Å²) in [6.45, 7) is 10.6. The van der Waals surface area contributed by atoms with Gasteiger partial charge in [-0.25, -0.2) is 9.66 Å². The Morgan fingerprint density at radius 3 is 2.69 bits per heavy atom. The molecule has 4 nitrogen and oxygen atoms in total. The number of imidazole rings is 1. The zero-order chi connectivity index (χ0) is 11.9. The Kier molecular flexibility index (Phi) is 2.74. The number of nitrogens with one attached hydrogen (secondary N) is 1. The standard InChI is InChI=1S/C12H20N4/c1-7(2)6-11-14-9(4)12-8(3)13-10(5)15-16(11)12/h7-8H,6H2,1-5H3,(H,13,15). The average molecular weight is 220 g/mol. The van der Waals surface area contributed by atoms with E-state index in [2.05, 4.69) is 47.8 Å². The second-order valence-electron chi connectivity index (χ2n) is 4.93. The molecule has 1 N–H and O–H groups in total. The Bertz CT molecular complexity index is 428. The van der Waals surface area contributed by atoms with Crippen LogP contribution in [-0.4, -0.2) is 15.5 Å². The van der Waals surface area contributed by atoms with Gasteiger partial charge in [-0.05, 0) is 26.7 Å². The number of aromatic nitrogens is 2. The molecule has 1 aromatic rings. The lowest BCUT2D eigenvalue weighted by Crippen LogP contribution is -2.29. The number of nitrogens with zero attached hydrogens (tertiary/aromatic N) is 3. The maximum atomic E-state index is 4.64. The molecule has 0 aliphatic carbocycles. The lowest BCUT2D eigenvalue weighted by molar-refractivity contribution is 0.592. The molecule has 4 heteroatoms. The van der Waals surface area contributed by atoms with E-state index in [0.29, 0.717) is 5.92 Å². The first-order valence-corrected chi connectivity index (χ1v) is 5.88. The largest absolute Gasteiger partial charge is 0.280 e. The van der Waals surface area contributed by atoms with Gasteiger partial charge in [0.15, 0.2) is 0 Å². The molecule has 88 valence electrons. The summed E-state index contributed by atoms with van der Waals surface area (Å²) in [4.78, 5) is 9.17. The number of amidine groups is 1. The van der Waals surface area contributed by atoms with Crippen molar-refractivity contribution in [1.82, 2.24) is 9.66 Å². The Hall–Kier alpha value is -1.32. The molecular formula is C12H20N4. The SMILES string of the molecule is CC1=NC(C)c2c(C)nc(CC(C)C)n2N1. The molecule has 1 aliphatic rings. The third kappa shape index (κ3) is 1.84. The van der Waals surface area contributed by atoms with Crippen LogP contribution in [0.1, 0.15) is 50.9 Å². The van der Waals surface area contributed by atoms with Crippen molar-refractivity contribution in [2.75, 3.05) is 5.43 Å². The van der Waals surface area contributed by atoms with Gasteiger partial charge in [0.05, 0.1) is 17.4 Å². The molecule has 0 spiro atoms. The van der Waals surface area contributed by atoms with E-state index in [1.165, 1.54) is 5.69 Å². The van der Waals surface area contributed by atoms with Crippen LogP contribution >= 0.6 is 0 Å². The van der Waals surface area contributed by atoms with Crippen molar-refractivity contribution in [2.24, 2.45) is 10.9 Å². The van der Waals surface area contributed by atoms with E-state index in [1.54, 1.807) is 0 Å². The minimum atomic E-state index is 0.203. The van der Waals surface area contributed by atoms with Crippen LogP contribution in [0.15, 0.2) is 4.99 Å². The van der Waals surface area contributed by atoms with Gasteiger partial charge in [0.25, 0.3) is 0 Å². The number of hydrogen-bond acceptors (Lipinski definition) is 3. The third-order valence-electron chi connectivity index (χ3n) is 2.81. The number of hydrogen-bond donors (Lipinski definition) is 1. The Balaban J connectivity index is 2.43. The summed E-state index contributed by atoms with van der Waals surface area (Å²) < 4.78 is 2.11. The minimum Gasteiger partial charge on any atom is -0.280 e. The molecule has 0 fully saturated rings. The fraction of sp³-hybridized carbons (Fsp3) is 0.667. The molecular weight excluding hydrogens is 200 g/mol. The van der Waals surface area contributed by atoms with Gasteiger partial charge in [0.2, 0.25) is 0 Å². The molecule has 0 bridgehead atoms. The van der Waals surface area contributed by atoms with Crippen LogP contribution in [0.2, 0.25) is 0 Å². The lowest BCUT2D eigenvalue weighted by Gasteiger charge is -2.22. The Morgan fingerprint density at radius 1 is 1.38 bits per heavy atom. The van der Waals surface area contributed by atoms with Crippen LogP contribution in [0.3, 0.4) is 0 Å². The summed E-state index contributed by atoms with van der Waals surface area (Å²) in [5.74, 6) is 2.69. The summed E-state index contributed by atoms with van der Waals surface area (Å²) in [5.41, 5.74) is 5.57. The van der Waals surface area contributed by atoms with Crippen molar-refractivity contribution in [1.29, 1.82) is 0 Å². The quantitative estimate of drug-likeness (QED) is 0.831. The summed E-state index contributed by atoms with van der Waals surface area (Å²) in [6, 6.07) is 0.203. The lowest BCUT2D eigenvalue weighted by atomic mass is 10.1. The molecule has 1 aromatic heterocycles. The van der Waals surface area contributed by atoms with E-state index in [4.69, 9.17) is 0 Å². The van der Waals surface area contributed by atoms with Crippen molar-refractivity contribution in [3.63, 3.8) is 0 Å². The molecule has 0 amide bonds. The van der Waals surface area contributed by atoms with Crippen molar-refractivity contribution < 1.29 is 0 Å². The van der Waals surface area contributed by atoms with Gasteiger partial charge in [-0.1, -0.05) is 13.8 Å². The highest BCUT2D eigenvalue weighted by Gasteiger charge is 2.23. The molecule has 16 heavy (non-hydrogen) atoms. The summed E-state index contributed by atoms with van der Waals surface area (Å²) >= 11 is 0. The van der Waals surface area contributed by atoms with Crippen LogP contribution in [0.25, 0.3) is 0 Å². The fourth-order valence-electron chi connectivity index (χ4n) is 2.26. The molecule has 0 saturated carbocycles. The van der Waals surface area contributed by atoms with E-state index in [1.807, 2.05) is 6.92 Å². The molecule has 2 rings (SSSR count). The first-order valence-electron chi connectivity index (χ1n) is 5.88. The molecule has 1 atom stereocenters. The molecule has 1 aliphatic heterocycles. The van der Waals surface area contributed by atoms with Crippen LogP contribution in [0.4, 0.5) is 0 Å². The zero-order valence-electron chi connectivity index (χ0n) is 10.7. The second kappa shape index (κ2) is 3.92. The first kappa shape index (κ1) is 11.2. The number of rotatable bonds is 2. The smallest absolute Gasteiger partial charge is 0.128 e. The zero-order valence-corrected chi connectivity index (χ0v) is 10.7. The third-order valence-corrected chi connectivity index (χ3v) is 2.81. The van der Waals surface area contributed by atoms with Gasteiger partial charge in [0.1, 0.15) is 11.7 Å². The van der Waals surface area contributed by atoms with Crippen LogP contribution < -0.4 is 5.43 Å². The highest BCUT2D eigenvalue weighted by atomic mass is 15.5. The van der Waals surface area contributed by atoms with Crippen LogP contribution in [0, 0.1) is 12.8 Å². The monoisotopic (exact) mass is 220 g/mol. The van der Waals surface area contributed by atoms with Gasteiger partial charge in [-0.2, -0.15) is 0 Å². The van der Waals surface area contributed by atoms with Crippen LogP contribution in [0.5, 0.6) is 0 Å². The van der Waals surface area contributed by atoms with Gasteiger partial charge in [-0.3, -0.25) is 10.4 Å². The topological polar surface area (TPSA) is 42.2 Å². The maximum absolute atomic E-state index is 4.64. The van der Waals surface area contributed by atoms with Crippen molar-refractivity contribution in [3.05, 3.63) is 17.2 Å². The normalized spacial score (nSPS) is 19.4. The second-order valence-corrected chi connectivity index (χ2v) is 4.93. The first-order chi connectivity index (χ1) is 7.49. The predicted molar refractivity (Wildman–Crippen MR) is 66.4 cm³/mol. The summed E-state index contributed by atoms with van der Waals surface area (Å²) in [7, 11) is 0. The van der Waals surface area contributed by atoms with Gasteiger partial charge >= 0.3 is 0 Å². The van der Waals surface area contributed by atoms with Crippen molar-refractivity contribution in [2.45, 2.75) is 47.1 Å². The van der Waals surface area contributed by atoms with E-state index in [-0.39, 0.29) is 6.04 Å². The van der Waals surface area contributed by atoms with E-state index in [9.17, 15) is 0 Å². The van der Waals surface area contributed by atoms with Gasteiger partial charge in [-0.15, -0.1) is 0 Å². The van der Waals surface area contributed by atoms with Crippen molar-refractivity contribution in [3.8, 4) is 0 Å². The number of fused-ring (bicyclic) bond motifs is 1. The van der Waals surface area contributed by atoms with Gasteiger partial charge in [0, 0.05) is 6.42 Å². The summed E-state index contributed by atoms with van der Waals surface area (Å²) in [6.07, 6.45) is 0.994. The fourth-order valence-corrected chi connectivity index (χ4v) is 2.26. The molecule has 0 radical (unpaired) electrons. The Morgan fingerprint density at radius 2 is 2.06 bits per heavy atom. The average Bonchev–Trinajstić information content (AvgIpc) is 2.41. The van der Waals surface area contributed by atoms with E-state index in [0.717, 1.165) is 23.8 Å². The molecule has 0 saturated heterocycles.